The van der Waals surface area contributed by atoms with Crippen molar-refractivity contribution in [1.82, 2.24) is 9.13 Å². The van der Waals surface area contributed by atoms with Gasteiger partial charge >= 0.3 is 21.2 Å². The van der Waals surface area contributed by atoms with Crippen LogP contribution in [0.25, 0.3) is 0 Å². The number of hydrogen-bond acceptors (Lipinski definition) is 5. The number of sulfonamides is 1. The zero-order chi connectivity index (χ0) is 26.7. The number of carbonyl (C=O) groups is 1. The van der Waals surface area contributed by atoms with Crippen molar-refractivity contribution in [2.24, 2.45) is 7.05 Å². The van der Waals surface area contributed by atoms with Crippen molar-refractivity contribution in [2.45, 2.75) is 31.8 Å². The molecule has 0 radical (unpaired) electrons. The number of benzene rings is 2. The monoisotopic (exact) mass is 524 g/mol. The average molecular weight is 525 g/mol. The van der Waals surface area contributed by atoms with Crippen molar-refractivity contribution < 1.29 is 26.4 Å². The maximum absolute atomic E-state index is 12.7. The van der Waals surface area contributed by atoms with E-state index in [0.717, 1.165) is 17.1 Å². The quantitative estimate of drug-likeness (QED) is 0.470. The molecule has 1 amide bonds. The second-order valence-electron chi connectivity index (χ2n) is 7.90. The van der Waals surface area contributed by atoms with Gasteiger partial charge in [0.15, 0.2) is 0 Å². The Hall–Kier alpha value is -3.87. The fourth-order valence-corrected chi connectivity index (χ4v) is 3.98. The Kier molecular flexibility index (Phi) is 7.72. The lowest BCUT2D eigenvalue weighted by Gasteiger charge is -2.15. The van der Waals surface area contributed by atoms with Gasteiger partial charge < -0.3 is 5.32 Å². The highest BCUT2D eigenvalue weighted by Gasteiger charge is 2.46. The molecule has 0 saturated carbocycles. The van der Waals surface area contributed by atoms with E-state index in [9.17, 15) is 36.0 Å². The third kappa shape index (κ3) is 5.85. The van der Waals surface area contributed by atoms with Gasteiger partial charge in [-0.25, -0.2) is 4.79 Å². The number of aromatic nitrogens is 2. The zero-order valence-corrected chi connectivity index (χ0v) is 20.1. The highest BCUT2D eigenvalue weighted by atomic mass is 32.2. The molecule has 2 N–H and O–H groups in total. The molecule has 0 unspecified atom stereocenters. The van der Waals surface area contributed by atoms with Gasteiger partial charge in [-0.15, -0.1) is 0 Å². The lowest BCUT2D eigenvalue weighted by molar-refractivity contribution is -0.0429. The summed E-state index contributed by atoms with van der Waals surface area (Å²) in [5.74, 6) is -0.831. The second kappa shape index (κ2) is 10.4. The number of nitrogens with zero attached hydrogens (tertiary/aromatic N) is 2. The number of rotatable bonds is 8. The van der Waals surface area contributed by atoms with Gasteiger partial charge in [-0.2, -0.15) is 21.6 Å². The van der Waals surface area contributed by atoms with Crippen molar-refractivity contribution in [1.29, 1.82) is 0 Å². The van der Waals surface area contributed by atoms with E-state index in [1.807, 2.05) is 6.92 Å². The molecular weight excluding hydrogens is 501 g/mol. The van der Waals surface area contributed by atoms with Gasteiger partial charge in [0.1, 0.15) is 0 Å². The Bertz CT molecular complexity index is 1490. The third-order valence-corrected chi connectivity index (χ3v) is 6.36. The summed E-state index contributed by atoms with van der Waals surface area (Å²) >= 11 is 0. The van der Waals surface area contributed by atoms with E-state index in [2.05, 4.69) is 5.32 Å². The molecule has 36 heavy (non-hydrogen) atoms. The number of aryl methyl sites for hydroxylation is 1. The molecule has 0 bridgehead atoms. The standard InChI is InChI=1S/C23H23F3N4O5S/c1-3-6-17-13-20(31)29(2)22(33)30(17)14-15-9-11-16(12-10-15)27-21(32)18-7-4-5-8-19(18)28-36(34,35)23(24,25)26/h4-5,7-13,28H,3,6,14H2,1-2H3,(H,27,32). The number of hydrogen-bond donors (Lipinski definition) is 2. The summed E-state index contributed by atoms with van der Waals surface area (Å²) in [6, 6.07) is 12.6. The first-order chi connectivity index (χ1) is 16.8. The molecule has 192 valence electrons. The SMILES string of the molecule is CCCc1cc(=O)n(C)c(=O)n1Cc1ccc(NC(=O)c2ccccc2NS(=O)(=O)C(F)(F)F)cc1. The van der Waals surface area contributed by atoms with Gasteiger partial charge in [0.05, 0.1) is 17.8 Å². The van der Waals surface area contributed by atoms with Crippen LogP contribution in [0.15, 0.2) is 64.2 Å². The van der Waals surface area contributed by atoms with E-state index in [1.165, 1.54) is 52.7 Å². The van der Waals surface area contributed by atoms with Gasteiger partial charge in [0.25, 0.3) is 11.5 Å². The molecule has 1 heterocycles. The van der Waals surface area contributed by atoms with E-state index in [-0.39, 0.29) is 12.1 Å². The first-order valence-electron chi connectivity index (χ1n) is 10.7. The van der Waals surface area contributed by atoms with E-state index >= 15 is 0 Å². The van der Waals surface area contributed by atoms with Crippen molar-refractivity contribution in [3.63, 3.8) is 0 Å². The number of amides is 1. The van der Waals surface area contributed by atoms with Crippen LogP contribution in [0.1, 0.15) is 35.0 Å². The number of halogens is 3. The fraction of sp³-hybridized carbons (Fsp3) is 0.261. The molecule has 0 aliphatic carbocycles. The summed E-state index contributed by atoms with van der Waals surface area (Å²) in [5, 5.41) is 2.50. The third-order valence-electron chi connectivity index (χ3n) is 5.26. The number of nitrogens with one attached hydrogen (secondary N) is 2. The molecule has 0 spiro atoms. The molecule has 3 rings (SSSR count). The molecule has 2 aromatic carbocycles. The average Bonchev–Trinajstić information content (AvgIpc) is 2.81. The Labute approximate surface area is 204 Å². The van der Waals surface area contributed by atoms with Crippen LogP contribution in [-0.4, -0.2) is 29.0 Å². The summed E-state index contributed by atoms with van der Waals surface area (Å²) in [6.07, 6.45) is 1.27. The Morgan fingerprint density at radius 3 is 2.28 bits per heavy atom. The predicted octanol–water partition coefficient (Wildman–Crippen LogP) is 3.06. The number of para-hydroxylation sites is 1. The molecule has 3 aromatic rings. The van der Waals surface area contributed by atoms with Crippen LogP contribution >= 0.6 is 0 Å². The minimum absolute atomic E-state index is 0.179. The zero-order valence-electron chi connectivity index (χ0n) is 19.3. The number of anilines is 2. The van der Waals surface area contributed by atoms with E-state index < -0.39 is 38.4 Å². The topological polar surface area (TPSA) is 119 Å². The smallest absolute Gasteiger partial charge is 0.322 e. The van der Waals surface area contributed by atoms with Gasteiger partial charge in [-0.1, -0.05) is 37.6 Å². The van der Waals surface area contributed by atoms with Gasteiger partial charge in [0.2, 0.25) is 0 Å². The molecule has 0 atom stereocenters. The van der Waals surface area contributed by atoms with Crippen molar-refractivity contribution in [3.05, 3.63) is 92.3 Å². The van der Waals surface area contributed by atoms with Crippen LogP contribution in [-0.2, 0) is 30.0 Å². The second-order valence-corrected chi connectivity index (χ2v) is 9.57. The predicted molar refractivity (Wildman–Crippen MR) is 128 cm³/mol. The highest BCUT2D eigenvalue weighted by Crippen LogP contribution is 2.27. The van der Waals surface area contributed by atoms with Gasteiger partial charge in [0, 0.05) is 24.5 Å². The number of carbonyl (C=O) groups excluding carboxylic acids is 1. The summed E-state index contributed by atoms with van der Waals surface area (Å²) in [5.41, 5.74) is -5.64. The van der Waals surface area contributed by atoms with E-state index in [1.54, 1.807) is 12.1 Å². The molecule has 0 fully saturated rings. The maximum Gasteiger partial charge on any atom is 0.516 e. The first-order valence-corrected chi connectivity index (χ1v) is 12.2. The fourth-order valence-electron chi connectivity index (χ4n) is 3.40. The van der Waals surface area contributed by atoms with Crippen LogP contribution < -0.4 is 21.3 Å². The molecule has 13 heteroatoms. The molecular formula is C23H23F3N4O5S. The van der Waals surface area contributed by atoms with Crippen LogP contribution in [0.2, 0.25) is 0 Å². The molecule has 0 aliphatic rings. The van der Waals surface area contributed by atoms with Crippen LogP contribution in [0.4, 0.5) is 24.5 Å². The van der Waals surface area contributed by atoms with Crippen LogP contribution in [0.3, 0.4) is 0 Å². The Balaban J connectivity index is 1.81. The maximum atomic E-state index is 12.7. The lowest BCUT2D eigenvalue weighted by Crippen LogP contribution is -2.39. The van der Waals surface area contributed by atoms with Crippen molar-refractivity contribution >= 4 is 27.3 Å². The van der Waals surface area contributed by atoms with Crippen molar-refractivity contribution in [2.75, 3.05) is 10.0 Å². The Morgan fingerprint density at radius 2 is 1.67 bits per heavy atom. The lowest BCUT2D eigenvalue weighted by atomic mass is 10.1. The van der Waals surface area contributed by atoms with E-state index in [4.69, 9.17) is 0 Å². The summed E-state index contributed by atoms with van der Waals surface area (Å²) in [4.78, 5) is 37.2. The number of alkyl halides is 3. The normalized spacial score (nSPS) is 11.8. The van der Waals surface area contributed by atoms with Crippen LogP contribution in [0, 0.1) is 0 Å². The summed E-state index contributed by atoms with van der Waals surface area (Å²) in [7, 11) is -4.32. The molecule has 0 aliphatic heterocycles. The molecule has 0 saturated heterocycles. The minimum atomic E-state index is -5.71. The first kappa shape index (κ1) is 26.7. The molecule has 1 aromatic heterocycles. The van der Waals surface area contributed by atoms with E-state index in [0.29, 0.717) is 23.4 Å². The Morgan fingerprint density at radius 1 is 1.03 bits per heavy atom. The molecule has 9 nitrogen and oxygen atoms in total. The van der Waals surface area contributed by atoms with Crippen molar-refractivity contribution in [3.8, 4) is 0 Å². The van der Waals surface area contributed by atoms with Crippen LogP contribution in [0.5, 0.6) is 0 Å². The summed E-state index contributed by atoms with van der Waals surface area (Å²) < 4.78 is 65.0. The van der Waals surface area contributed by atoms with Gasteiger partial charge in [-0.05, 0) is 36.2 Å². The highest BCUT2D eigenvalue weighted by molar-refractivity contribution is 7.93. The summed E-state index contributed by atoms with van der Waals surface area (Å²) in [6.45, 7) is 2.11. The minimum Gasteiger partial charge on any atom is -0.322 e. The van der Waals surface area contributed by atoms with Gasteiger partial charge in [-0.3, -0.25) is 23.4 Å². The largest absolute Gasteiger partial charge is 0.516 e.